The lowest BCUT2D eigenvalue weighted by Gasteiger charge is -2.18. The fourth-order valence-corrected chi connectivity index (χ4v) is 1.50. The van der Waals surface area contributed by atoms with Crippen molar-refractivity contribution in [3.63, 3.8) is 0 Å². The molecule has 2 amide bonds. The normalized spacial score (nSPS) is 9.74. The van der Waals surface area contributed by atoms with Crippen molar-refractivity contribution in [1.82, 2.24) is 10.2 Å². The third kappa shape index (κ3) is 4.79. The number of rotatable bonds is 6. The van der Waals surface area contributed by atoms with Gasteiger partial charge in [0.1, 0.15) is 6.54 Å². The van der Waals surface area contributed by atoms with Crippen LogP contribution in [0.15, 0.2) is 30.3 Å². The Bertz CT molecular complexity index is 459. The van der Waals surface area contributed by atoms with Gasteiger partial charge in [-0.3, -0.25) is 14.4 Å². The van der Waals surface area contributed by atoms with Gasteiger partial charge in [0, 0.05) is 12.1 Å². The van der Waals surface area contributed by atoms with E-state index in [-0.39, 0.29) is 25.5 Å². The van der Waals surface area contributed by atoms with Gasteiger partial charge < -0.3 is 15.3 Å². The molecule has 0 spiro atoms. The molecule has 1 aromatic rings. The van der Waals surface area contributed by atoms with Gasteiger partial charge in [0.25, 0.3) is 5.91 Å². The number of benzene rings is 1. The van der Waals surface area contributed by atoms with Gasteiger partial charge in [-0.25, -0.2) is 0 Å². The van der Waals surface area contributed by atoms with E-state index in [1.807, 2.05) is 0 Å². The Morgan fingerprint density at radius 1 is 1.21 bits per heavy atom. The predicted molar refractivity (Wildman–Crippen MR) is 68.7 cm³/mol. The summed E-state index contributed by atoms with van der Waals surface area (Å²) in [5.41, 5.74) is 0.455. The van der Waals surface area contributed by atoms with Crippen LogP contribution in [0, 0.1) is 0 Å². The van der Waals surface area contributed by atoms with Crippen molar-refractivity contribution in [2.75, 3.05) is 19.6 Å². The van der Waals surface area contributed by atoms with Gasteiger partial charge in [-0.1, -0.05) is 18.2 Å². The lowest BCUT2D eigenvalue weighted by molar-refractivity contribution is -0.143. The zero-order valence-electron chi connectivity index (χ0n) is 10.6. The van der Waals surface area contributed by atoms with Crippen molar-refractivity contribution >= 4 is 17.8 Å². The molecule has 1 rings (SSSR count). The van der Waals surface area contributed by atoms with Gasteiger partial charge in [-0.2, -0.15) is 0 Å². The van der Waals surface area contributed by atoms with E-state index in [2.05, 4.69) is 5.32 Å². The molecule has 0 heterocycles. The summed E-state index contributed by atoms with van der Waals surface area (Å²) in [5.74, 6) is -1.86. The fraction of sp³-hybridized carbons (Fsp3) is 0.308. The Morgan fingerprint density at radius 2 is 1.84 bits per heavy atom. The van der Waals surface area contributed by atoms with Crippen molar-refractivity contribution in [3.8, 4) is 0 Å². The number of likely N-dealkylation sites (N-methyl/N-ethyl adjacent to an activating group) is 1. The van der Waals surface area contributed by atoms with Gasteiger partial charge in [0.2, 0.25) is 5.91 Å². The highest BCUT2D eigenvalue weighted by molar-refractivity contribution is 5.96. The van der Waals surface area contributed by atoms with Crippen molar-refractivity contribution in [2.45, 2.75) is 6.92 Å². The average molecular weight is 264 g/mol. The smallest absolute Gasteiger partial charge is 0.323 e. The van der Waals surface area contributed by atoms with Crippen molar-refractivity contribution in [2.24, 2.45) is 0 Å². The van der Waals surface area contributed by atoms with Crippen LogP contribution in [0.1, 0.15) is 17.3 Å². The van der Waals surface area contributed by atoms with Crippen LogP contribution < -0.4 is 5.32 Å². The van der Waals surface area contributed by atoms with Gasteiger partial charge in [-0.15, -0.1) is 0 Å². The minimum Gasteiger partial charge on any atom is -0.480 e. The Morgan fingerprint density at radius 3 is 2.37 bits per heavy atom. The maximum atomic E-state index is 11.7. The lowest BCUT2D eigenvalue weighted by Crippen LogP contribution is -2.42. The van der Waals surface area contributed by atoms with Crippen LogP contribution in [-0.2, 0) is 9.59 Å². The first-order valence-corrected chi connectivity index (χ1v) is 5.87. The molecule has 19 heavy (non-hydrogen) atoms. The lowest BCUT2D eigenvalue weighted by atomic mass is 10.2. The fourth-order valence-electron chi connectivity index (χ4n) is 1.50. The van der Waals surface area contributed by atoms with Crippen LogP contribution in [0.2, 0.25) is 0 Å². The van der Waals surface area contributed by atoms with E-state index in [0.29, 0.717) is 5.56 Å². The Kier molecular flexibility index (Phi) is 5.53. The van der Waals surface area contributed by atoms with Crippen LogP contribution in [0.4, 0.5) is 0 Å². The van der Waals surface area contributed by atoms with Gasteiger partial charge in [0.15, 0.2) is 0 Å². The van der Waals surface area contributed by atoms with E-state index < -0.39 is 11.9 Å². The number of aliphatic carboxylic acids is 1. The molecule has 0 aromatic heterocycles. The summed E-state index contributed by atoms with van der Waals surface area (Å²) >= 11 is 0. The molecule has 0 bridgehead atoms. The van der Waals surface area contributed by atoms with Crippen LogP contribution in [0.25, 0.3) is 0 Å². The van der Waals surface area contributed by atoms with Crippen LogP contribution >= 0.6 is 0 Å². The number of carbonyl (C=O) groups excluding carboxylic acids is 2. The molecule has 0 saturated heterocycles. The molecule has 0 radical (unpaired) electrons. The number of amides is 2. The third-order valence-corrected chi connectivity index (χ3v) is 2.50. The van der Waals surface area contributed by atoms with Crippen molar-refractivity contribution in [3.05, 3.63) is 35.9 Å². The van der Waals surface area contributed by atoms with Gasteiger partial charge >= 0.3 is 5.97 Å². The molecule has 0 aliphatic heterocycles. The Labute approximate surface area is 111 Å². The molecule has 0 aliphatic rings. The van der Waals surface area contributed by atoms with E-state index in [1.165, 1.54) is 0 Å². The highest BCUT2D eigenvalue weighted by atomic mass is 16.4. The molecule has 0 saturated carbocycles. The van der Waals surface area contributed by atoms with Crippen LogP contribution in [0.3, 0.4) is 0 Å². The maximum absolute atomic E-state index is 11.7. The van der Waals surface area contributed by atoms with E-state index in [0.717, 1.165) is 4.90 Å². The second-order valence-electron chi connectivity index (χ2n) is 3.85. The average Bonchev–Trinajstić information content (AvgIpc) is 2.42. The highest BCUT2D eigenvalue weighted by Crippen LogP contribution is 1.97. The summed E-state index contributed by atoms with van der Waals surface area (Å²) in [4.78, 5) is 35.1. The van der Waals surface area contributed by atoms with E-state index in [1.54, 1.807) is 37.3 Å². The molecule has 6 nitrogen and oxygen atoms in total. The molecule has 1 aromatic carbocycles. The number of carboxylic acids is 1. The van der Waals surface area contributed by atoms with Gasteiger partial charge in [-0.05, 0) is 19.1 Å². The van der Waals surface area contributed by atoms with Gasteiger partial charge in [0.05, 0.1) is 6.54 Å². The second kappa shape index (κ2) is 7.15. The molecule has 0 atom stereocenters. The minimum absolute atomic E-state index is 0.213. The van der Waals surface area contributed by atoms with Crippen LogP contribution in [-0.4, -0.2) is 47.4 Å². The number of hydrogen-bond acceptors (Lipinski definition) is 3. The first-order valence-electron chi connectivity index (χ1n) is 5.87. The maximum Gasteiger partial charge on any atom is 0.323 e. The molecule has 0 unspecified atom stereocenters. The largest absolute Gasteiger partial charge is 0.480 e. The molecule has 0 aliphatic carbocycles. The van der Waals surface area contributed by atoms with Crippen molar-refractivity contribution in [1.29, 1.82) is 0 Å². The first-order chi connectivity index (χ1) is 9.04. The molecule has 6 heteroatoms. The van der Waals surface area contributed by atoms with Crippen LogP contribution in [0.5, 0.6) is 0 Å². The molecular weight excluding hydrogens is 248 g/mol. The zero-order chi connectivity index (χ0) is 14.3. The summed E-state index contributed by atoms with van der Waals surface area (Å²) in [5, 5.41) is 11.1. The topological polar surface area (TPSA) is 86.7 Å². The van der Waals surface area contributed by atoms with E-state index in [4.69, 9.17) is 5.11 Å². The van der Waals surface area contributed by atoms with E-state index >= 15 is 0 Å². The minimum atomic E-state index is -1.08. The first kappa shape index (κ1) is 14.7. The highest BCUT2D eigenvalue weighted by Gasteiger charge is 2.15. The van der Waals surface area contributed by atoms with E-state index in [9.17, 15) is 14.4 Å². The monoisotopic (exact) mass is 264 g/mol. The molecule has 102 valence electrons. The summed E-state index contributed by atoms with van der Waals surface area (Å²) in [6.45, 7) is 1.39. The SMILES string of the molecule is CCN(CC(=O)O)C(=O)CNC(=O)c1ccccc1. The summed E-state index contributed by atoms with van der Waals surface area (Å²) in [6, 6.07) is 8.50. The number of nitrogens with zero attached hydrogens (tertiary/aromatic N) is 1. The quantitative estimate of drug-likeness (QED) is 0.776. The number of hydrogen-bond donors (Lipinski definition) is 2. The zero-order valence-corrected chi connectivity index (χ0v) is 10.6. The second-order valence-corrected chi connectivity index (χ2v) is 3.85. The molecular formula is C13H16N2O4. The number of carboxylic acid groups (broad SMARTS) is 1. The summed E-state index contributed by atoms with van der Waals surface area (Å²) in [6.07, 6.45) is 0. The Balaban J connectivity index is 2.49. The number of nitrogens with one attached hydrogen (secondary N) is 1. The van der Waals surface area contributed by atoms with Crippen molar-refractivity contribution < 1.29 is 19.5 Å². The molecule has 0 fully saturated rings. The Hall–Kier alpha value is -2.37. The molecule has 2 N–H and O–H groups in total. The number of carbonyl (C=O) groups is 3. The predicted octanol–water partition coefficient (Wildman–Crippen LogP) is 0.350. The third-order valence-electron chi connectivity index (χ3n) is 2.50. The summed E-state index contributed by atoms with van der Waals surface area (Å²) in [7, 11) is 0. The standard InChI is InChI=1S/C13H16N2O4/c1-2-15(9-12(17)18)11(16)8-14-13(19)10-6-4-3-5-7-10/h3-7H,2,8-9H2,1H3,(H,14,19)(H,17,18). The summed E-state index contributed by atoms with van der Waals surface area (Å²) < 4.78 is 0.